The molecular weight excluding hydrogens is 404 g/mol. The van der Waals surface area contributed by atoms with Gasteiger partial charge in [0.1, 0.15) is 17.4 Å². The predicted octanol–water partition coefficient (Wildman–Crippen LogP) is 2.63. The molecule has 3 rings (SSSR count). The van der Waals surface area contributed by atoms with Gasteiger partial charge in [0.2, 0.25) is 10.0 Å². The van der Waals surface area contributed by atoms with Crippen LogP contribution < -0.4 is 20.1 Å². The Morgan fingerprint density at radius 3 is 2.37 bits per heavy atom. The summed E-state index contributed by atoms with van der Waals surface area (Å²) in [6, 6.07) is 12.1. The zero-order valence-corrected chi connectivity index (χ0v) is 17.8. The molecule has 0 aliphatic carbocycles. The van der Waals surface area contributed by atoms with Crippen molar-refractivity contribution in [1.29, 1.82) is 0 Å². The summed E-state index contributed by atoms with van der Waals surface area (Å²) in [4.78, 5) is 4.41. The number of ether oxygens (including phenoxy) is 1. The first kappa shape index (κ1) is 21.5. The molecule has 0 spiro atoms. The van der Waals surface area contributed by atoms with Gasteiger partial charge in [0, 0.05) is 19.3 Å². The largest absolute Gasteiger partial charge is 0.496 e. The van der Waals surface area contributed by atoms with E-state index >= 15 is 0 Å². The van der Waals surface area contributed by atoms with Crippen LogP contribution in [0.1, 0.15) is 11.1 Å². The minimum Gasteiger partial charge on any atom is -0.496 e. The number of aryl methyl sites for hydroxylation is 2. The first-order chi connectivity index (χ1) is 14.4. The molecule has 2 heterocycles. The lowest BCUT2D eigenvalue weighted by Gasteiger charge is -2.10. The smallest absolute Gasteiger partial charge is 0.240 e. The molecule has 1 aromatic carbocycles. The number of sulfonamides is 1. The third-order valence-corrected chi connectivity index (χ3v) is 5.69. The van der Waals surface area contributed by atoms with Gasteiger partial charge in [-0.1, -0.05) is 0 Å². The quantitative estimate of drug-likeness (QED) is 0.445. The minimum absolute atomic E-state index is 0.195. The lowest BCUT2D eigenvalue weighted by Crippen LogP contribution is -2.29. The van der Waals surface area contributed by atoms with E-state index in [-0.39, 0.29) is 11.4 Å². The van der Waals surface area contributed by atoms with Crippen molar-refractivity contribution in [3.8, 4) is 5.75 Å². The topological polar surface area (TPSA) is 118 Å². The molecule has 0 aliphatic rings. The summed E-state index contributed by atoms with van der Waals surface area (Å²) in [5.74, 6) is 2.44. The van der Waals surface area contributed by atoms with Crippen LogP contribution in [0.3, 0.4) is 0 Å². The number of nitrogens with zero attached hydrogens (tertiary/aromatic N) is 3. The highest BCUT2D eigenvalue weighted by molar-refractivity contribution is 7.89. The SMILES string of the molecule is COc1ccc(S(=O)(=O)NCCNc2ccc(Nc3cc(C)ccn3)nn2)cc1C. The zero-order valence-electron chi connectivity index (χ0n) is 17.0. The van der Waals surface area contributed by atoms with Crippen molar-refractivity contribution in [3.63, 3.8) is 0 Å². The second-order valence-electron chi connectivity index (χ2n) is 6.60. The summed E-state index contributed by atoms with van der Waals surface area (Å²) in [5.41, 5.74) is 1.84. The number of hydrogen-bond donors (Lipinski definition) is 3. The van der Waals surface area contributed by atoms with E-state index in [0.717, 1.165) is 11.1 Å². The molecule has 0 fully saturated rings. The number of nitrogens with one attached hydrogen (secondary N) is 3. The maximum absolute atomic E-state index is 12.4. The Hall–Kier alpha value is -3.24. The number of anilines is 3. The van der Waals surface area contributed by atoms with Gasteiger partial charge in [0.15, 0.2) is 5.82 Å². The van der Waals surface area contributed by atoms with Gasteiger partial charge < -0.3 is 15.4 Å². The van der Waals surface area contributed by atoms with Crippen LogP contribution in [0.5, 0.6) is 5.75 Å². The van der Waals surface area contributed by atoms with Crippen molar-refractivity contribution in [2.75, 3.05) is 30.8 Å². The molecule has 0 radical (unpaired) electrons. The third kappa shape index (κ3) is 5.65. The van der Waals surface area contributed by atoms with E-state index < -0.39 is 10.0 Å². The normalized spacial score (nSPS) is 11.2. The van der Waals surface area contributed by atoms with Gasteiger partial charge in [0.25, 0.3) is 0 Å². The highest BCUT2D eigenvalue weighted by Crippen LogP contribution is 2.21. The summed E-state index contributed by atoms with van der Waals surface area (Å²) < 4.78 is 32.6. The lowest BCUT2D eigenvalue weighted by atomic mass is 10.2. The van der Waals surface area contributed by atoms with E-state index in [9.17, 15) is 8.42 Å². The average Bonchev–Trinajstić information content (AvgIpc) is 2.72. The Morgan fingerprint density at radius 1 is 0.933 bits per heavy atom. The monoisotopic (exact) mass is 428 g/mol. The van der Waals surface area contributed by atoms with Crippen molar-refractivity contribution in [1.82, 2.24) is 19.9 Å². The van der Waals surface area contributed by atoms with Gasteiger partial charge in [-0.05, 0) is 67.4 Å². The molecule has 9 nitrogen and oxygen atoms in total. The number of hydrogen-bond acceptors (Lipinski definition) is 8. The second-order valence-corrected chi connectivity index (χ2v) is 8.37. The van der Waals surface area contributed by atoms with Crippen molar-refractivity contribution < 1.29 is 13.2 Å². The Balaban J connectivity index is 1.49. The standard InChI is InChI=1S/C20H24N6O3S/c1-14-8-9-21-20(12-14)24-19-7-6-18(25-26-19)22-10-11-23-30(27,28)16-4-5-17(29-3)15(2)13-16/h4-9,12-13,23H,10-11H2,1-3H3,(H,22,25)(H,21,24,26). The molecular formula is C20H24N6O3S. The maximum Gasteiger partial charge on any atom is 0.240 e. The van der Waals surface area contributed by atoms with E-state index in [1.54, 1.807) is 44.5 Å². The molecule has 30 heavy (non-hydrogen) atoms. The molecule has 10 heteroatoms. The molecule has 0 bridgehead atoms. The molecule has 0 amide bonds. The fraction of sp³-hybridized carbons (Fsp3) is 0.250. The van der Waals surface area contributed by atoms with Gasteiger partial charge in [-0.15, -0.1) is 10.2 Å². The van der Waals surface area contributed by atoms with E-state index in [2.05, 4.69) is 30.5 Å². The average molecular weight is 429 g/mol. The third-order valence-electron chi connectivity index (χ3n) is 4.24. The van der Waals surface area contributed by atoms with Crippen LogP contribution in [0, 0.1) is 13.8 Å². The fourth-order valence-electron chi connectivity index (χ4n) is 2.71. The van der Waals surface area contributed by atoms with Gasteiger partial charge in [-0.2, -0.15) is 0 Å². The van der Waals surface area contributed by atoms with Crippen molar-refractivity contribution in [3.05, 3.63) is 59.8 Å². The summed E-state index contributed by atoms with van der Waals surface area (Å²) in [7, 11) is -2.06. The van der Waals surface area contributed by atoms with E-state index in [1.807, 2.05) is 19.1 Å². The number of pyridine rings is 1. The summed E-state index contributed by atoms with van der Waals surface area (Å²) in [6.45, 7) is 4.33. The summed E-state index contributed by atoms with van der Waals surface area (Å²) in [5, 5.41) is 14.3. The van der Waals surface area contributed by atoms with Gasteiger partial charge in [0.05, 0.1) is 12.0 Å². The number of rotatable bonds is 9. The number of aromatic nitrogens is 3. The molecule has 3 N–H and O–H groups in total. The van der Waals surface area contributed by atoms with Crippen LogP contribution in [0.4, 0.5) is 17.5 Å². The zero-order chi connectivity index (χ0) is 21.6. The van der Waals surface area contributed by atoms with Crippen LogP contribution in [0.25, 0.3) is 0 Å². The number of benzene rings is 1. The minimum atomic E-state index is -3.61. The fourth-order valence-corrected chi connectivity index (χ4v) is 3.82. The number of methoxy groups -OCH3 is 1. The van der Waals surface area contributed by atoms with Gasteiger partial charge in [-0.25, -0.2) is 18.1 Å². The molecule has 0 saturated heterocycles. The van der Waals surface area contributed by atoms with E-state index in [0.29, 0.717) is 29.7 Å². The first-order valence-electron chi connectivity index (χ1n) is 9.29. The Morgan fingerprint density at radius 2 is 1.70 bits per heavy atom. The second kappa shape index (κ2) is 9.51. The molecule has 158 valence electrons. The molecule has 0 saturated carbocycles. The summed E-state index contributed by atoms with van der Waals surface area (Å²) >= 11 is 0. The Labute approximate surface area is 176 Å². The predicted molar refractivity (Wildman–Crippen MR) is 116 cm³/mol. The van der Waals surface area contributed by atoms with Gasteiger partial charge >= 0.3 is 0 Å². The Bertz CT molecular complexity index is 1100. The molecule has 0 atom stereocenters. The maximum atomic E-state index is 12.4. The van der Waals surface area contributed by atoms with Crippen LogP contribution in [-0.4, -0.2) is 43.8 Å². The lowest BCUT2D eigenvalue weighted by molar-refractivity contribution is 0.411. The van der Waals surface area contributed by atoms with Crippen LogP contribution in [0.15, 0.2) is 53.6 Å². The van der Waals surface area contributed by atoms with E-state index in [1.165, 1.54) is 6.07 Å². The molecule has 0 aliphatic heterocycles. The van der Waals surface area contributed by atoms with Crippen LogP contribution in [0.2, 0.25) is 0 Å². The molecule has 2 aromatic heterocycles. The van der Waals surface area contributed by atoms with E-state index in [4.69, 9.17) is 4.74 Å². The molecule has 0 unspecified atom stereocenters. The summed E-state index contributed by atoms with van der Waals surface area (Å²) in [6.07, 6.45) is 1.72. The molecule has 3 aromatic rings. The van der Waals surface area contributed by atoms with Gasteiger partial charge in [-0.3, -0.25) is 0 Å². The van der Waals surface area contributed by atoms with Crippen LogP contribution in [-0.2, 0) is 10.0 Å². The first-order valence-corrected chi connectivity index (χ1v) is 10.8. The van der Waals surface area contributed by atoms with Crippen molar-refractivity contribution in [2.45, 2.75) is 18.7 Å². The van der Waals surface area contributed by atoms with Crippen LogP contribution >= 0.6 is 0 Å². The highest BCUT2D eigenvalue weighted by atomic mass is 32.2. The van der Waals surface area contributed by atoms with Crippen molar-refractivity contribution >= 4 is 27.5 Å². The Kier molecular flexibility index (Phi) is 6.80. The highest BCUT2D eigenvalue weighted by Gasteiger charge is 2.14. The van der Waals surface area contributed by atoms with Crippen molar-refractivity contribution in [2.24, 2.45) is 0 Å².